The highest BCUT2D eigenvalue weighted by molar-refractivity contribution is 5.85. The monoisotopic (exact) mass is 392 g/mol. The quantitative estimate of drug-likeness (QED) is 0.719. The van der Waals surface area contributed by atoms with Crippen molar-refractivity contribution in [2.45, 2.75) is 25.5 Å². The summed E-state index contributed by atoms with van der Waals surface area (Å²) in [5, 5.41) is 3.10. The number of rotatable bonds is 7. The molecule has 1 N–H and O–H groups in total. The number of esters is 1. The van der Waals surface area contributed by atoms with Gasteiger partial charge in [0.05, 0.1) is 13.7 Å². The molecule has 2 aliphatic rings. The van der Waals surface area contributed by atoms with E-state index in [-0.39, 0.29) is 24.1 Å². The number of methoxy groups -OCH3 is 1. The fraction of sp³-hybridized carbons (Fsp3) is 0.588. The average molecular weight is 393 g/mol. The molecule has 0 aromatic heterocycles. The molecule has 1 aromatic rings. The van der Waals surface area contributed by atoms with Crippen LogP contribution in [0.25, 0.3) is 0 Å². The second-order valence-corrected chi connectivity index (χ2v) is 6.24. The van der Waals surface area contributed by atoms with Crippen LogP contribution in [0.1, 0.15) is 12.8 Å². The molecular formula is C17H23ClF2N2O4. The minimum Gasteiger partial charge on any atom is -0.489 e. The molecule has 1 atom stereocenters. The van der Waals surface area contributed by atoms with Crippen molar-refractivity contribution in [1.82, 2.24) is 5.32 Å². The number of carbonyl (C=O) groups is 1. The van der Waals surface area contributed by atoms with Gasteiger partial charge in [0.2, 0.25) is 0 Å². The molecule has 1 unspecified atom stereocenters. The van der Waals surface area contributed by atoms with Gasteiger partial charge in [0, 0.05) is 31.4 Å². The van der Waals surface area contributed by atoms with Crippen molar-refractivity contribution in [2.75, 3.05) is 38.3 Å². The van der Waals surface area contributed by atoms with E-state index in [1.165, 1.54) is 13.2 Å². The summed E-state index contributed by atoms with van der Waals surface area (Å²) >= 11 is 0. The molecule has 1 aliphatic heterocycles. The van der Waals surface area contributed by atoms with Crippen LogP contribution in [0.2, 0.25) is 0 Å². The van der Waals surface area contributed by atoms with Gasteiger partial charge in [-0.2, -0.15) is 8.78 Å². The summed E-state index contributed by atoms with van der Waals surface area (Å²) in [5.74, 6) is 0.496. The topological polar surface area (TPSA) is 60.0 Å². The van der Waals surface area contributed by atoms with E-state index in [2.05, 4.69) is 10.1 Å². The van der Waals surface area contributed by atoms with E-state index in [1.54, 1.807) is 12.1 Å². The Balaban J connectivity index is 0.00000243. The zero-order chi connectivity index (χ0) is 17.8. The molecule has 1 aromatic carbocycles. The molecule has 1 heterocycles. The van der Waals surface area contributed by atoms with Crippen molar-refractivity contribution >= 4 is 24.1 Å². The lowest BCUT2D eigenvalue weighted by Gasteiger charge is -2.34. The van der Waals surface area contributed by atoms with Crippen molar-refractivity contribution < 1.29 is 27.8 Å². The number of nitrogens with zero attached hydrogens (tertiary/aromatic N) is 1. The van der Waals surface area contributed by atoms with Crippen LogP contribution >= 0.6 is 12.4 Å². The molecule has 1 saturated carbocycles. The second kappa shape index (κ2) is 9.23. The van der Waals surface area contributed by atoms with Crippen LogP contribution in [-0.2, 0) is 9.53 Å². The van der Waals surface area contributed by atoms with Crippen molar-refractivity contribution in [3.63, 3.8) is 0 Å². The molecule has 0 bridgehead atoms. The molecule has 9 heteroatoms. The van der Waals surface area contributed by atoms with Crippen LogP contribution < -0.4 is 19.7 Å². The van der Waals surface area contributed by atoms with Crippen molar-refractivity contribution in [2.24, 2.45) is 5.92 Å². The van der Waals surface area contributed by atoms with Crippen LogP contribution in [0.5, 0.6) is 11.5 Å². The fourth-order valence-electron chi connectivity index (χ4n) is 2.78. The Kier molecular flexibility index (Phi) is 7.28. The molecule has 1 aliphatic carbocycles. The second-order valence-electron chi connectivity index (χ2n) is 6.24. The Morgan fingerprint density at radius 2 is 2.12 bits per heavy atom. The lowest BCUT2D eigenvalue weighted by Crippen LogP contribution is -2.54. The summed E-state index contributed by atoms with van der Waals surface area (Å²) in [4.78, 5) is 13.7. The normalized spacial score (nSPS) is 19.7. The Morgan fingerprint density at radius 1 is 1.35 bits per heavy atom. The fourth-order valence-corrected chi connectivity index (χ4v) is 2.78. The van der Waals surface area contributed by atoms with Crippen molar-refractivity contribution in [1.29, 1.82) is 0 Å². The van der Waals surface area contributed by atoms with Gasteiger partial charge in [-0.3, -0.25) is 4.79 Å². The summed E-state index contributed by atoms with van der Waals surface area (Å²) in [6, 6.07) is 4.45. The molecule has 2 fully saturated rings. The van der Waals surface area contributed by atoms with Gasteiger partial charge in [0.25, 0.3) is 0 Å². The summed E-state index contributed by atoms with van der Waals surface area (Å²) < 4.78 is 40.2. The third-order valence-electron chi connectivity index (χ3n) is 4.34. The van der Waals surface area contributed by atoms with Gasteiger partial charge in [-0.1, -0.05) is 0 Å². The van der Waals surface area contributed by atoms with E-state index in [0.717, 1.165) is 18.5 Å². The van der Waals surface area contributed by atoms with Gasteiger partial charge in [-0.25, -0.2) is 0 Å². The highest BCUT2D eigenvalue weighted by atomic mass is 35.5. The maximum Gasteiger partial charge on any atom is 0.387 e. The number of halogens is 3. The standard InChI is InChI=1S/C17H22F2N2O4.ClH/c1-23-16(22)13-9-21(7-6-20-13)12-4-5-14(25-17(18)19)15(8-12)24-10-11-2-3-11;/h4-5,8,11,13,17,20H,2-3,6-7,9-10H2,1H3;1H. The maximum absolute atomic E-state index is 12.6. The minimum absolute atomic E-state index is 0. The summed E-state index contributed by atoms with van der Waals surface area (Å²) in [6.07, 6.45) is 2.20. The van der Waals surface area contributed by atoms with Gasteiger partial charge in [-0.05, 0) is 30.9 Å². The molecule has 0 spiro atoms. The van der Waals surface area contributed by atoms with E-state index in [4.69, 9.17) is 9.47 Å². The number of hydrogen-bond donors (Lipinski definition) is 1. The average Bonchev–Trinajstić information content (AvgIpc) is 3.44. The molecule has 0 amide bonds. The maximum atomic E-state index is 12.6. The van der Waals surface area contributed by atoms with Crippen molar-refractivity contribution in [3.05, 3.63) is 18.2 Å². The number of piperazine rings is 1. The summed E-state index contributed by atoms with van der Waals surface area (Å²) in [6.45, 7) is -0.672. The smallest absolute Gasteiger partial charge is 0.387 e. The van der Waals surface area contributed by atoms with Gasteiger partial charge in [0.1, 0.15) is 6.04 Å². The lowest BCUT2D eigenvalue weighted by molar-refractivity contribution is -0.143. The third kappa shape index (κ3) is 5.35. The number of nitrogens with one attached hydrogen (secondary N) is 1. The van der Waals surface area contributed by atoms with E-state index in [9.17, 15) is 13.6 Å². The molecular weight excluding hydrogens is 370 g/mol. The zero-order valence-corrected chi connectivity index (χ0v) is 15.3. The number of carbonyl (C=O) groups excluding carboxylic acids is 1. The Morgan fingerprint density at radius 3 is 2.77 bits per heavy atom. The molecule has 1 saturated heterocycles. The highest BCUT2D eigenvalue weighted by Gasteiger charge is 2.27. The predicted molar refractivity (Wildman–Crippen MR) is 94.6 cm³/mol. The highest BCUT2D eigenvalue weighted by Crippen LogP contribution is 2.36. The first-order valence-corrected chi connectivity index (χ1v) is 8.34. The lowest BCUT2D eigenvalue weighted by atomic mass is 10.1. The van der Waals surface area contributed by atoms with Crippen LogP contribution in [0.3, 0.4) is 0 Å². The van der Waals surface area contributed by atoms with Crippen LogP contribution in [0, 0.1) is 5.92 Å². The van der Waals surface area contributed by atoms with E-state index in [0.29, 0.717) is 37.9 Å². The predicted octanol–water partition coefficient (Wildman–Crippen LogP) is 2.45. The van der Waals surface area contributed by atoms with E-state index >= 15 is 0 Å². The first-order valence-electron chi connectivity index (χ1n) is 8.34. The molecule has 146 valence electrons. The minimum atomic E-state index is -2.91. The number of benzene rings is 1. The molecule has 6 nitrogen and oxygen atoms in total. The van der Waals surface area contributed by atoms with Crippen LogP contribution in [0.4, 0.5) is 14.5 Å². The third-order valence-corrected chi connectivity index (χ3v) is 4.34. The Labute approximate surface area is 157 Å². The first kappa shape index (κ1) is 20.5. The van der Waals surface area contributed by atoms with E-state index < -0.39 is 12.7 Å². The number of hydrogen-bond acceptors (Lipinski definition) is 6. The molecule has 3 rings (SSSR count). The number of anilines is 1. The first-order chi connectivity index (χ1) is 12.1. The van der Waals surface area contributed by atoms with Gasteiger partial charge in [-0.15, -0.1) is 12.4 Å². The Bertz CT molecular complexity index is 616. The molecule has 26 heavy (non-hydrogen) atoms. The largest absolute Gasteiger partial charge is 0.489 e. The zero-order valence-electron chi connectivity index (χ0n) is 14.5. The summed E-state index contributed by atoms with van der Waals surface area (Å²) in [7, 11) is 1.35. The van der Waals surface area contributed by atoms with Crippen molar-refractivity contribution in [3.8, 4) is 11.5 Å². The van der Waals surface area contributed by atoms with E-state index in [1.807, 2.05) is 4.90 Å². The molecule has 0 radical (unpaired) electrons. The SMILES string of the molecule is COC(=O)C1CN(c2ccc(OC(F)F)c(OCC3CC3)c2)CCN1.Cl. The van der Waals surface area contributed by atoms with Gasteiger partial charge in [0.15, 0.2) is 11.5 Å². The van der Waals surface area contributed by atoms with Crippen LogP contribution in [-0.4, -0.2) is 52.0 Å². The summed E-state index contributed by atoms with van der Waals surface area (Å²) in [5.41, 5.74) is 0.794. The number of ether oxygens (including phenoxy) is 3. The number of alkyl halides is 2. The van der Waals surface area contributed by atoms with Gasteiger partial charge < -0.3 is 24.4 Å². The Hall–Kier alpha value is -1.80. The van der Waals surface area contributed by atoms with Gasteiger partial charge >= 0.3 is 12.6 Å². The van der Waals surface area contributed by atoms with Crippen LogP contribution in [0.15, 0.2) is 18.2 Å².